The second kappa shape index (κ2) is 16.3. The van der Waals surface area contributed by atoms with Crippen LogP contribution >= 0.6 is 0 Å². The van der Waals surface area contributed by atoms with Crippen molar-refractivity contribution in [3.8, 4) is 11.5 Å². The minimum atomic E-state index is -0.609. The fraction of sp³-hybridized carbons (Fsp3) is 0.282. The van der Waals surface area contributed by atoms with Crippen molar-refractivity contribution in [2.75, 3.05) is 14.2 Å². The lowest BCUT2D eigenvalue weighted by Gasteiger charge is -2.21. The number of rotatable bonds is 12. The third kappa shape index (κ3) is 9.24. The number of carbonyl (C=O) groups excluding carboxylic acids is 2. The summed E-state index contributed by atoms with van der Waals surface area (Å²) >= 11 is 0. The molecule has 0 atom stereocenters. The summed E-state index contributed by atoms with van der Waals surface area (Å²) in [4.78, 5) is 25.7. The van der Waals surface area contributed by atoms with Crippen molar-refractivity contribution in [3.63, 3.8) is 0 Å². The molecule has 2 aromatic carbocycles. The van der Waals surface area contributed by atoms with Crippen LogP contribution in [0, 0.1) is 13.8 Å². The van der Waals surface area contributed by atoms with E-state index in [1.54, 1.807) is 33.3 Å². The molecule has 0 bridgehead atoms. The number of hydrogen-bond acceptors (Lipinski definition) is 5. The number of allylic oxidation sites excluding steroid dienone is 5. The number of nitrogens with one attached hydrogen (secondary N) is 1. The van der Waals surface area contributed by atoms with Crippen molar-refractivity contribution >= 4 is 22.8 Å². The maximum absolute atomic E-state index is 13.1. The topological polar surface area (TPSA) is 78.8 Å². The summed E-state index contributed by atoms with van der Waals surface area (Å²) in [5.41, 5.74) is 6.32. The molecule has 0 fully saturated rings. The van der Waals surface area contributed by atoms with Gasteiger partial charge in [-0.1, -0.05) is 38.0 Å². The lowest BCUT2D eigenvalue weighted by atomic mass is 9.99. The molecule has 0 radical (unpaired) electrons. The minimum Gasteiger partial charge on any atom is -0.497 e. The van der Waals surface area contributed by atoms with Gasteiger partial charge in [0.1, 0.15) is 17.1 Å². The quantitative estimate of drug-likeness (QED) is 0.0946. The first kappa shape index (κ1) is 37.1. The summed E-state index contributed by atoms with van der Waals surface area (Å²) in [6.45, 7) is 30.6. The van der Waals surface area contributed by atoms with E-state index in [0.29, 0.717) is 46.9 Å². The van der Waals surface area contributed by atoms with E-state index in [-0.39, 0.29) is 5.91 Å². The summed E-state index contributed by atoms with van der Waals surface area (Å²) in [7, 11) is 3.19. The Kier molecular flexibility index (Phi) is 13.2. The van der Waals surface area contributed by atoms with Gasteiger partial charge in [-0.2, -0.15) is 0 Å². The summed E-state index contributed by atoms with van der Waals surface area (Å²) < 4.78 is 18.4. The number of carbonyl (C=O) groups is 2. The van der Waals surface area contributed by atoms with E-state index < -0.39 is 11.6 Å². The van der Waals surface area contributed by atoms with Crippen molar-refractivity contribution < 1.29 is 23.8 Å². The molecular weight excluding hydrogens is 576 g/mol. The highest BCUT2D eigenvalue weighted by atomic mass is 16.6. The highest BCUT2D eigenvalue weighted by molar-refractivity contribution is 5.99. The first-order valence-electron chi connectivity index (χ1n) is 14.9. The third-order valence-corrected chi connectivity index (χ3v) is 7.34. The Bertz CT molecular complexity index is 1700. The Morgan fingerprint density at radius 1 is 0.957 bits per heavy atom. The summed E-state index contributed by atoms with van der Waals surface area (Å²) in [5.74, 6) is 0.729. The van der Waals surface area contributed by atoms with E-state index >= 15 is 0 Å². The van der Waals surface area contributed by atoms with Crippen molar-refractivity contribution in [1.82, 2.24) is 9.88 Å². The Morgan fingerprint density at radius 3 is 2.22 bits per heavy atom. The van der Waals surface area contributed by atoms with E-state index in [4.69, 9.17) is 14.2 Å². The number of hydrogen-bond donors (Lipinski definition) is 1. The number of esters is 1. The first-order chi connectivity index (χ1) is 21.7. The molecule has 1 N–H and O–H groups in total. The molecule has 1 amide bonds. The van der Waals surface area contributed by atoms with Gasteiger partial charge in [0, 0.05) is 46.9 Å². The molecule has 0 spiro atoms. The summed E-state index contributed by atoms with van der Waals surface area (Å²) in [6.07, 6.45) is 5.38. The van der Waals surface area contributed by atoms with Gasteiger partial charge in [0.05, 0.1) is 19.8 Å². The standard InChI is InChI=1S/C37H44N2O5.C2H4/c1-12-31(36(41)44-37(7,8)9)25(4)24(3)14-13-23(2)22-39-27(6)26(5)32-19-28(16-18-33(32)39)35(40)38-21-29-15-17-30(42-10)20-34(29)43-11;1-2/h12-20H,2-4,21-22H2,1,5-11H3,(H,38,40);1-2H2/b14-13-,31-12+;. The number of ether oxygens (including phenoxy) is 3. The van der Waals surface area contributed by atoms with E-state index in [0.717, 1.165) is 33.3 Å². The monoisotopic (exact) mass is 624 g/mol. The van der Waals surface area contributed by atoms with Gasteiger partial charge in [-0.3, -0.25) is 4.79 Å². The average molecular weight is 625 g/mol. The number of methoxy groups -OCH3 is 2. The van der Waals surface area contributed by atoms with Gasteiger partial charge in [-0.25, -0.2) is 4.79 Å². The summed E-state index contributed by atoms with van der Waals surface area (Å²) in [6, 6.07) is 11.2. The van der Waals surface area contributed by atoms with Crippen LogP contribution in [0.4, 0.5) is 0 Å². The second-order valence-electron chi connectivity index (χ2n) is 11.6. The van der Waals surface area contributed by atoms with E-state index in [2.05, 4.69) is 56.6 Å². The number of benzene rings is 2. The van der Waals surface area contributed by atoms with E-state index in [1.807, 2.05) is 63.3 Å². The maximum Gasteiger partial charge on any atom is 0.338 e. The fourth-order valence-electron chi connectivity index (χ4n) is 4.77. The number of aryl methyl sites for hydroxylation is 1. The van der Waals surface area contributed by atoms with Gasteiger partial charge >= 0.3 is 5.97 Å². The first-order valence-corrected chi connectivity index (χ1v) is 14.9. The van der Waals surface area contributed by atoms with Gasteiger partial charge in [0.2, 0.25) is 0 Å². The predicted octanol–water partition coefficient (Wildman–Crippen LogP) is 8.52. The lowest BCUT2D eigenvalue weighted by molar-refractivity contribution is -0.149. The van der Waals surface area contributed by atoms with E-state index in [1.165, 1.54) is 0 Å². The van der Waals surface area contributed by atoms with Crippen LogP contribution in [0.15, 0.2) is 110 Å². The fourth-order valence-corrected chi connectivity index (χ4v) is 4.77. The van der Waals surface area contributed by atoms with Gasteiger partial charge < -0.3 is 24.1 Å². The highest BCUT2D eigenvalue weighted by Crippen LogP contribution is 2.29. The largest absolute Gasteiger partial charge is 0.497 e. The van der Waals surface area contributed by atoms with Gasteiger partial charge in [0.15, 0.2) is 0 Å². The van der Waals surface area contributed by atoms with Crippen molar-refractivity contribution in [3.05, 3.63) is 132 Å². The smallest absolute Gasteiger partial charge is 0.338 e. The van der Waals surface area contributed by atoms with Crippen LogP contribution in [-0.4, -0.2) is 36.3 Å². The van der Waals surface area contributed by atoms with Crippen molar-refractivity contribution in [2.45, 2.75) is 60.2 Å². The zero-order chi connectivity index (χ0) is 34.8. The summed E-state index contributed by atoms with van der Waals surface area (Å²) in [5, 5.41) is 4.00. The number of nitrogens with zero attached hydrogens (tertiary/aromatic N) is 1. The molecule has 7 heteroatoms. The SMILES string of the molecule is C=C.C=C(/C=C\C(=C)C(=C)/C(=C\C)C(=O)OC(C)(C)C)Cn1c(C)c(C)c2cc(C(=O)NCc3ccc(OC)cc3OC)ccc21. The van der Waals surface area contributed by atoms with Crippen LogP contribution in [0.3, 0.4) is 0 Å². The van der Waals surface area contributed by atoms with Crippen LogP contribution in [0.25, 0.3) is 10.9 Å². The molecule has 0 saturated carbocycles. The molecule has 1 aromatic heterocycles. The highest BCUT2D eigenvalue weighted by Gasteiger charge is 2.22. The normalized spacial score (nSPS) is 11.4. The predicted molar refractivity (Wildman–Crippen MR) is 190 cm³/mol. The number of aromatic nitrogens is 1. The Morgan fingerprint density at radius 2 is 1.63 bits per heavy atom. The van der Waals surface area contributed by atoms with Crippen molar-refractivity contribution in [2.24, 2.45) is 0 Å². The van der Waals surface area contributed by atoms with Gasteiger partial charge in [-0.05, 0) is 94.2 Å². The van der Waals surface area contributed by atoms with Crippen LogP contribution < -0.4 is 14.8 Å². The molecule has 46 heavy (non-hydrogen) atoms. The molecule has 0 aliphatic rings. The minimum absolute atomic E-state index is 0.174. The van der Waals surface area contributed by atoms with Gasteiger partial charge in [0.25, 0.3) is 5.91 Å². The molecule has 0 saturated heterocycles. The Balaban J connectivity index is 0.00000361. The molecule has 1 heterocycles. The molecule has 0 unspecified atom stereocenters. The Hall–Kier alpha value is -5.04. The van der Waals surface area contributed by atoms with Crippen LogP contribution in [-0.2, 0) is 22.6 Å². The van der Waals surface area contributed by atoms with Crippen LogP contribution in [0.2, 0.25) is 0 Å². The maximum atomic E-state index is 13.1. The van der Waals surface area contributed by atoms with Crippen LogP contribution in [0.1, 0.15) is 54.9 Å². The van der Waals surface area contributed by atoms with E-state index in [9.17, 15) is 9.59 Å². The van der Waals surface area contributed by atoms with Crippen LogP contribution in [0.5, 0.6) is 11.5 Å². The average Bonchev–Trinajstić information content (AvgIpc) is 3.26. The number of fused-ring (bicyclic) bond motifs is 1. The second-order valence-corrected chi connectivity index (χ2v) is 11.6. The zero-order valence-electron chi connectivity index (χ0n) is 28.6. The van der Waals surface area contributed by atoms with Crippen molar-refractivity contribution in [1.29, 1.82) is 0 Å². The molecule has 3 rings (SSSR count). The number of amides is 1. The Labute approximate surface area is 274 Å². The molecular formula is C39H48N2O5. The molecule has 244 valence electrons. The molecule has 0 aliphatic heterocycles. The van der Waals surface area contributed by atoms with Gasteiger partial charge in [-0.15, -0.1) is 13.2 Å². The molecule has 0 aliphatic carbocycles. The third-order valence-electron chi connectivity index (χ3n) is 7.34. The zero-order valence-corrected chi connectivity index (χ0v) is 28.6. The molecule has 3 aromatic rings. The lowest BCUT2D eigenvalue weighted by Crippen LogP contribution is -2.25. The molecule has 7 nitrogen and oxygen atoms in total.